The smallest absolute Gasteiger partial charge is 0.161 e. The number of hydrogen-bond acceptors (Lipinski definition) is 7. The molecule has 2 aliphatic heterocycles. The molecule has 0 aromatic heterocycles. The second-order valence-electron chi connectivity index (χ2n) is 8.18. The summed E-state index contributed by atoms with van der Waals surface area (Å²) in [4.78, 5) is 0. The molecule has 2 heterocycles. The van der Waals surface area contributed by atoms with Crippen molar-refractivity contribution in [3.05, 3.63) is 58.7 Å². The van der Waals surface area contributed by atoms with Crippen LogP contribution in [-0.4, -0.2) is 64.7 Å². The molecule has 5 atom stereocenters. The molecule has 1 fully saturated rings. The van der Waals surface area contributed by atoms with Crippen LogP contribution in [0.2, 0.25) is 0 Å². The maximum atomic E-state index is 10.5. The molecule has 0 bridgehead atoms. The molecule has 0 radical (unpaired) electrons. The lowest BCUT2D eigenvalue weighted by atomic mass is 9.88. The number of aryl methyl sites for hydroxylation is 1. The highest BCUT2D eigenvalue weighted by Crippen LogP contribution is 2.35. The third kappa shape index (κ3) is 4.56. The second-order valence-corrected chi connectivity index (χ2v) is 8.18. The lowest BCUT2D eigenvalue weighted by Gasteiger charge is -2.40. The van der Waals surface area contributed by atoms with Gasteiger partial charge < -0.3 is 34.6 Å². The molecule has 2 aromatic carbocycles. The van der Waals surface area contributed by atoms with Crippen molar-refractivity contribution >= 4 is 0 Å². The number of aliphatic hydroxyl groups excluding tert-OH is 4. The Bertz CT molecular complexity index is 897. The monoisotopic (exact) mass is 430 g/mol. The molecule has 0 amide bonds. The van der Waals surface area contributed by atoms with E-state index in [2.05, 4.69) is 6.92 Å². The van der Waals surface area contributed by atoms with Gasteiger partial charge in [0.2, 0.25) is 0 Å². The van der Waals surface area contributed by atoms with Crippen molar-refractivity contribution in [2.75, 3.05) is 19.8 Å². The summed E-state index contributed by atoms with van der Waals surface area (Å²) in [7, 11) is 0. The summed E-state index contributed by atoms with van der Waals surface area (Å²) in [6, 6.07) is 11.8. The van der Waals surface area contributed by atoms with Crippen molar-refractivity contribution in [3.63, 3.8) is 0 Å². The lowest BCUT2D eigenvalue weighted by Crippen LogP contribution is -2.55. The fourth-order valence-corrected chi connectivity index (χ4v) is 4.30. The summed E-state index contributed by atoms with van der Waals surface area (Å²) in [5, 5.41) is 40.2. The average Bonchev–Trinajstić information content (AvgIpc) is 2.79. The van der Waals surface area contributed by atoms with E-state index in [1.807, 2.05) is 36.4 Å². The zero-order valence-electron chi connectivity index (χ0n) is 17.6. The Morgan fingerprint density at radius 3 is 2.39 bits per heavy atom. The van der Waals surface area contributed by atoms with Gasteiger partial charge in [-0.2, -0.15) is 0 Å². The van der Waals surface area contributed by atoms with Crippen LogP contribution in [0.15, 0.2) is 36.4 Å². The SMILES string of the molecule is CCCc1ccc([C@@H]2O[C@H](CO)[C@@H](O)[C@H](O)[C@H]2O)cc1Cc1ccc2c(c1)OCCO2. The van der Waals surface area contributed by atoms with E-state index in [1.165, 1.54) is 5.56 Å². The number of ether oxygens (including phenoxy) is 3. The molecule has 2 aliphatic rings. The van der Waals surface area contributed by atoms with Crippen molar-refractivity contribution in [2.45, 2.75) is 56.7 Å². The molecule has 0 aliphatic carbocycles. The molecule has 0 unspecified atom stereocenters. The summed E-state index contributed by atoms with van der Waals surface area (Å²) in [6.07, 6.45) is -3.26. The van der Waals surface area contributed by atoms with Crippen LogP contribution in [0.1, 0.15) is 41.7 Å². The van der Waals surface area contributed by atoms with E-state index < -0.39 is 37.1 Å². The second kappa shape index (κ2) is 9.54. The van der Waals surface area contributed by atoms with Crippen LogP contribution in [0.5, 0.6) is 11.5 Å². The predicted molar refractivity (Wildman–Crippen MR) is 113 cm³/mol. The molecule has 7 nitrogen and oxygen atoms in total. The molecule has 4 rings (SSSR count). The maximum Gasteiger partial charge on any atom is 0.161 e. The van der Waals surface area contributed by atoms with Crippen molar-refractivity contribution in [1.82, 2.24) is 0 Å². The van der Waals surface area contributed by atoms with Crippen molar-refractivity contribution in [2.24, 2.45) is 0 Å². The Morgan fingerprint density at radius 1 is 0.871 bits per heavy atom. The quantitative estimate of drug-likeness (QED) is 0.550. The number of aliphatic hydroxyl groups is 4. The summed E-state index contributed by atoms with van der Waals surface area (Å²) in [6.45, 7) is 2.76. The molecule has 1 saturated heterocycles. The molecular weight excluding hydrogens is 400 g/mol. The molecule has 0 spiro atoms. The Labute approximate surface area is 181 Å². The summed E-state index contributed by atoms with van der Waals surface area (Å²) < 4.78 is 17.1. The molecule has 4 N–H and O–H groups in total. The van der Waals surface area contributed by atoms with E-state index in [0.717, 1.165) is 35.5 Å². The van der Waals surface area contributed by atoms with Gasteiger partial charge in [0.05, 0.1) is 6.61 Å². The minimum Gasteiger partial charge on any atom is -0.486 e. The van der Waals surface area contributed by atoms with Crippen LogP contribution >= 0.6 is 0 Å². The van der Waals surface area contributed by atoms with Gasteiger partial charge >= 0.3 is 0 Å². The van der Waals surface area contributed by atoms with Gasteiger partial charge in [-0.1, -0.05) is 37.6 Å². The van der Waals surface area contributed by atoms with Gasteiger partial charge in [0.15, 0.2) is 11.5 Å². The van der Waals surface area contributed by atoms with Gasteiger partial charge in [-0.25, -0.2) is 0 Å². The Balaban J connectivity index is 1.63. The van der Waals surface area contributed by atoms with Crippen LogP contribution in [0.3, 0.4) is 0 Å². The Hall–Kier alpha value is -2.16. The highest BCUT2D eigenvalue weighted by molar-refractivity contribution is 5.46. The van der Waals surface area contributed by atoms with Gasteiger partial charge in [0, 0.05) is 0 Å². The van der Waals surface area contributed by atoms with Gasteiger partial charge in [0.1, 0.15) is 43.7 Å². The molecule has 168 valence electrons. The van der Waals surface area contributed by atoms with Crippen LogP contribution in [-0.2, 0) is 17.6 Å². The third-order valence-electron chi connectivity index (χ3n) is 5.97. The molecular formula is C24H30O7. The van der Waals surface area contributed by atoms with E-state index in [9.17, 15) is 20.4 Å². The number of fused-ring (bicyclic) bond motifs is 1. The predicted octanol–water partition coefficient (Wildman–Crippen LogP) is 1.52. The molecule has 0 saturated carbocycles. The van der Waals surface area contributed by atoms with Gasteiger partial charge in [-0.15, -0.1) is 0 Å². The normalized spacial score (nSPS) is 27.8. The fourth-order valence-electron chi connectivity index (χ4n) is 4.30. The fraction of sp³-hybridized carbons (Fsp3) is 0.500. The zero-order valence-corrected chi connectivity index (χ0v) is 17.6. The first-order valence-corrected chi connectivity index (χ1v) is 10.8. The van der Waals surface area contributed by atoms with Crippen molar-refractivity contribution in [1.29, 1.82) is 0 Å². The van der Waals surface area contributed by atoms with Crippen LogP contribution in [0, 0.1) is 0 Å². The first kappa shape index (κ1) is 22.0. The minimum atomic E-state index is -1.40. The third-order valence-corrected chi connectivity index (χ3v) is 5.97. The summed E-state index contributed by atoms with van der Waals surface area (Å²) in [5.74, 6) is 1.49. The minimum absolute atomic E-state index is 0.445. The first-order valence-electron chi connectivity index (χ1n) is 10.8. The Kier molecular flexibility index (Phi) is 6.79. The first-order chi connectivity index (χ1) is 15.0. The molecule has 31 heavy (non-hydrogen) atoms. The molecule has 7 heteroatoms. The lowest BCUT2D eigenvalue weighted by molar-refractivity contribution is -0.231. The van der Waals surface area contributed by atoms with E-state index in [0.29, 0.717) is 25.2 Å². The van der Waals surface area contributed by atoms with E-state index in [4.69, 9.17) is 14.2 Å². The van der Waals surface area contributed by atoms with Crippen LogP contribution in [0.25, 0.3) is 0 Å². The van der Waals surface area contributed by atoms with E-state index in [-0.39, 0.29) is 0 Å². The van der Waals surface area contributed by atoms with Crippen molar-refractivity contribution in [3.8, 4) is 11.5 Å². The van der Waals surface area contributed by atoms with Crippen molar-refractivity contribution < 1.29 is 34.6 Å². The summed E-state index contributed by atoms with van der Waals surface area (Å²) >= 11 is 0. The molecule has 2 aromatic rings. The Morgan fingerprint density at radius 2 is 1.65 bits per heavy atom. The highest BCUT2D eigenvalue weighted by atomic mass is 16.6. The van der Waals surface area contributed by atoms with Gasteiger partial charge in [0.25, 0.3) is 0 Å². The van der Waals surface area contributed by atoms with E-state index in [1.54, 1.807) is 0 Å². The van der Waals surface area contributed by atoms with Gasteiger partial charge in [-0.05, 0) is 47.2 Å². The number of hydrogen-bond donors (Lipinski definition) is 4. The summed E-state index contributed by atoms with van der Waals surface area (Å²) in [5.41, 5.74) is 4.07. The van der Waals surface area contributed by atoms with Gasteiger partial charge in [-0.3, -0.25) is 0 Å². The largest absolute Gasteiger partial charge is 0.486 e. The number of benzene rings is 2. The zero-order chi connectivity index (χ0) is 22.0. The standard InChI is InChI=1S/C24H30O7/c1-2-3-15-5-6-16(24-23(28)22(27)21(26)20(13-25)31-24)12-17(15)10-14-4-7-18-19(11-14)30-9-8-29-18/h4-7,11-12,20-28H,2-3,8-10,13H2,1H3/t20-,21-,22+,23-,24+/m1/s1. The number of rotatable bonds is 6. The van der Waals surface area contributed by atoms with E-state index >= 15 is 0 Å². The maximum absolute atomic E-state index is 10.5. The topological polar surface area (TPSA) is 109 Å². The highest BCUT2D eigenvalue weighted by Gasteiger charge is 2.44. The van der Waals surface area contributed by atoms with Crippen LogP contribution < -0.4 is 9.47 Å². The average molecular weight is 430 g/mol. The van der Waals surface area contributed by atoms with Crippen LogP contribution in [0.4, 0.5) is 0 Å².